The van der Waals surface area contributed by atoms with Crippen molar-refractivity contribution >= 4 is 17.6 Å². The van der Waals surface area contributed by atoms with E-state index in [9.17, 15) is 9.90 Å². The number of alkyl halides is 1. The summed E-state index contributed by atoms with van der Waals surface area (Å²) in [4.78, 5) is 19.7. The summed E-state index contributed by atoms with van der Waals surface area (Å²) in [6, 6.07) is 0. The monoisotopic (exact) mass is 272 g/mol. The number of halogens is 1. The summed E-state index contributed by atoms with van der Waals surface area (Å²) in [5.41, 5.74) is 0.634. The maximum Gasteiger partial charge on any atom is 0.341 e. The molecule has 1 aromatic rings. The molecular formula is C12H17ClN2O3. The summed E-state index contributed by atoms with van der Waals surface area (Å²) in [6.45, 7) is 3.96. The standard InChI is InChI=1S/C12H17ClN2O3/c1-3-5-10(16)11-14-7-8(9(6-13)15-11)12(17)18-4-2/h7,10,16H,3-6H2,1-2H3/t10-/m0/s1. The fourth-order valence-electron chi connectivity index (χ4n) is 1.48. The Morgan fingerprint density at radius 2 is 2.28 bits per heavy atom. The highest BCUT2D eigenvalue weighted by molar-refractivity contribution is 6.17. The van der Waals surface area contributed by atoms with Gasteiger partial charge >= 0.3 is 5.97 Å². The third-order valence-electron chi connectivity index (χ3n) is 2.37. The molecule has 1 heterocycles. The SMILES string of the molecule is CCC[C@H](O)c1ncc(C(=O)OCC)c(CCl)n1. The number of carbonyl (C=O) groups is 1. The maximum atomic E-state index is 11.6. The third-order valence-corrected chi connectivity index (χ3v) is 2.62. The van der Waals surface area contributed by atoms with Crippen molar-refractivity contribution in [3.63, 3.8) is 0 Å². The van der Waals surface area contributed by atoms with Gasteiger partial charge in [-0.2, -0.15) is 0 Å². The zero-order chi connectivity index (χ0) is 13.5. The Balaban J connectivity index is 2.99. The largest absolute Gasteiger partial charge is 0.462 e. The first-order valence-corrected chi connectivity index (χ1v) is 6.44. The van der Waals surface area contributed by atoms with E-state index >= 15 is 0 Å². The van der Waals surface area contributed by atoms with Gasteiger partial charge in [-0.1, -0.05) is 13.3 Å². The van der Waals surface area contributed by atoms with E-state index in [2.05, 4.69) is 9.97 Å². The Morgan fingerprint density at radius 3 is 2.83 bits per heavy atom. The summed E-state index contributed by atoms with van der Waals surface area (Å²) in [5.74, 6) is -0.132. The molecule has 18 heavy (non-hydrogen) atoms. The molecule has 0 aliphatic carbocycles. The van der Waals surface area contributed by atoms with E-state index in [4.69, 9.17) is 16.3 Å². The van der Waals surface area contributed by atoms with Crippen molar-refractivity contribution in [3.8, 4) is 0 Å². The molecule has 0 fully saturated rings. The topological polar surface area (TPSA) is 72.3 Å². The number of hydrogen-bond acceptors (Lipinski definition) is 5. The number of aliphatic hydroxyl groups excluding tert-OH is 1. The van der Waals surface area contributed by atoms with Crippen molar-refractivity contribution in [2.75, 3.05) is 6.61 Å². The van der Waals surface area contributed by atoms with Gasteiger partial charge < -0.3 is 9.84 Å². The number of carbonyl (C=O) groups excluding carboxylic acids is 1. The van der Waals surface area contributed by atoms with Crippen LogP contribution in [0.2, 0.25) is 0 Å². The second-order valence-corrected chi connectivity index (χ2v) is 4.01. The molecule has 1 aromatic heterocycles. The van der Waals surface area contributed by atoms with Crippen molar-refractivity contribution in [3.05, 3.63) is 23.3 Å². The fraction of sp³-hybridized carbons (Fsp3) is 0.583. The molecule has 0 aliphatic heterocycles. The van der Waals surface area contributed by atoms with E-state index < -0.39 is 12.1 Å². The molecule has 5 nitrogen and oxygen atoms in total. The second kappa shape index (κ2) is 7.28. The maximum absolute atomic E-state index is 11.6. The van der Waals surface area contributed by atoms with E-state index in [1.54, 1.807) is 6.92 Å². The van der Waals surface area contributed by atoms with Gasteiger partial charge in [-0.3, -0.25) is 0 Å². The number of hydrogen-bond donors (Lipinski definition) is 1. The molecule has 0 radical (unpaired) electrons. The molecule has 0 spiro atoms. The van der Waals surface area contributed by atoms with E-state index in [0.717, 1.165) is 6.42 Å². The van der Waals surface area contributed by atoms with Gasteiger partial charge in [0.15, 0.2) is 5.82 Å². The number of aromatic nitrogens is 2. The minimum absolute atomic E-state index is 0.0719. The molecule has 0 saturated carbocycles. The van der Waals surface area contributed by atoms with Crippen LogP contribution in [-0.4, -0.2) is 27.7 Å². The summed E-state index contributed by atoms with van der Waals surface area (Å²) < 4.78 is 4.88. The Kier molecular flexibility index (Phi) is 6.01. The molecule has 6 heteroatoms. The Bertz CT molecular complexity index is 412. The molecular weight excluding hydrogens is 256 g/mol. The van der Waals surface area contributed by atoms with Crippen LogP contribution in [0.25, 0.3) is 0 Å². The quantitative estimate of drug-likeness (QED) is 0.635. The van der Waals surface area contributed by atoms with Crippen LogP contribution in [-0.2, 0) is 10.6 Å². The summed E-state index contributed by atoms with van der Waals surface area (Å²) in [7, 11) is 0. The first-order valence-electron chi connectivity index (χ1n) is 5.90. The highest BCUT2D eigenvalue weighted by Gasteiger charge is 2.17. The first-order chi connectivity index (χ1) is 8.63. The average molecular weight is 273 g/mol. The van der Waals surface area contributed by atoms with Gasteiger partial charge in [0.25, 0.3) is 0 Å². The lowest BCUT2D eigenvalue weighted by molar-refractivity contribution is 0.0523. The lowest BCUT2D eigenvalue weighted by atomic mass is 10.2. The summed E-state index contributed by atoms with van der Waals surface area (Å²) in [5, 5.41) is 9.79. The highest BCUT2D eigenvalue weighted by atomic mass is 35.5. The Morgan fingerprint density at radius 1 is 1.56 bits per heavy atom. The van der Waals surface area contributed by atoms with Crippen molar-refractivity contribution in [1.82, 2.24) is 9.97 Å². The van der Waals surface area contributed by atoms with Crippen LogP contribution in [0.3, 0.4) is 0 Å². The average Bonchev–Trinajstić information content (AvgIpc) is 2.38. The van der Waals surface area contributed by atoms with Gasteiger partial charge in [-0.15, -0.1) is 11.6 Å². The summed E-state index contributed by atoms with van der Waals surface area (Å²) in [6.07, 6.45) is 2.02. The van der Waals surface area contributed by atoms with Gasteiger partial charge in [0, 0.05) is 6.20 Å². The molecule has 0 amide bonds. The van der Waals surface area contributed by atoms with Crippen molar-refractivity contribution in [2.45, 2.75) is 38.7 Å². The van der Waals surface area contributed by atoms with Crippen LogP contribution in [0.15, 0.2) is 6.20 Å². The van der Waals surface area contributed by atoms with Crippen molar-refractivity contribution in [1.29, 1.82) is 0 Å². The minimum atomic E-state index is -0.729. The molecule has 1 rings (SSSR count). The third kappa shape index (κ3) is 3.65. The highest BCUT2D eigenvalue weighted by Crippen LogP contribution is 2.17. The lowest BCUT2D eigenvalue weighted by Gasteiger charge is -2.11. The second-order valence-electron chi connectivity index (χ2n) is 3.75. The van der Waals surface area contributed by atoms with Crippen LogP contribution in [0, 0.1) is 0 Å². The predicted octanol–water partition coefficient (Wildman–Crippen LogP) is 2.23. The van der Waals surface area contributed by atoms with E-state index in [1.807, 2.05) is 6.92 Å². The Labute approximate surface area is 111 Å². The van der Waals surface area contributed by atoms with E-state index in [0.29, 0.717) is 17.9 Å². The Hall–Kier alpha value is -1.20. The lowest BCUT2D eigenvalue weighted by Crippen LogP contribution is -2.13. The zero-order valence-electron chi connectivity index (χ0n) is 10.5. The van der Waals surface area contributed by atoms with Crippen molar-refractivity contribution in [2.24, 2.45) is 0 Å². The number of rotatable bonds is 6. The molecule has 0 saturated heterocycles. The zero-order valence-corrected chi connectivity index (χ0v) is 11.3. The number of ether oxygens (including phenoxy) is 1. The van der Waals surface area contributed by atoms with Crippen LogP contribution in [0.5, 0.6) is 0 Å². The molecule has 1 atom stereocenters. The number of nitrogens with zero attached hydrogens (tertiary/aromatic N) is 2. The fourth-order valence-corrected chi connectivity index (χ4v) is 1.68. The van der Waals surface area contributed by atoms with E-state index in [-0.39, 0.29) is 18.1 Å². The number of esters is 1. The first kappa shape index (κ1) is 14.9. The summed E-state index contributed by atoms with van der Waals surface area (Å²) >= 11 is 5.75. The van der Waals surface area contributed by atoms with Crippen LogP contribution >= 0.6 is 11.6 Å². The molecule has 0 unspecified atom stereocenters. The van der Waals surface area contributed by atoms with Gasteiger partial charge in [-0.25, -0.2) is 14.8 Å². The molecule has 0 aromatic carbocycles. The number of aliphatic hydroxyl groups is 1. The van der Waals surface area contributed by atoms with Crippen molar-refractivity contribution < 1.29 is 14.6 Å². The van der Waals surface area contributed by atoms with Crippen LogP contribution in [0.1, 0.15) is 54.7 Å². The van der Waals surface area contributed by atoms with Gasteiger partial charge in [-0.05, 0) is 13.3 Å². The van der Waals surface area contributed by atoms with Crippen LogP contribution < -0.4 is 0 Å². The minimum Gasteiger partial charge on any atom is -0.462 e. The van der Waals surface area contributed by atoms with Gasteiger partial charge in [0.1, 0.15) is 11.7 Å². The van der Waals surface area contributed by atoms with Crippen LogP contribution in [0.4, 0.5) is 0 Å². The molecule has 0 aliphatic rings. The molecule has 0 bridgehead atoms. The van der Waals surface area contributed by atoms with Gasteiger partial charge in [0.05, 0.1) is 18.2 Å². The smallest absolute Gasteiger partial charge is 0.341 e. The normalized spacial score (nSPS) is 12.2. The van der Waals surface area contributed by atoms with Gasteiger partial charge in [0.2, 0.25) is 0 Å². The van der Waals surface area contributed by atoms with E-state index in [1.165, 1.54) is 6.20 Å². The molecule has 100 valence electrons. The molecule has 1 N–H and O–H groups in total. The predicted molar refractivity (Wildman–Crippen MR) is 67.4 cm³/mol.